The van der Waals surface area contributed by atoms with E-state index in [1.165, 1.54) is 0 Å². The van der Waals surface area contributed by atoms with Gasteiger partial charge in [0.05, 0.1) is 25.0 Å². The molecule has 7 nitrogen and oxygen atoms in total. The zero-order valence-electron chi connectivity index (χ0n) is 16.2. The van der Waals surface area contributed by atoms with Gasteiger partial charge in [0.2, 0.25) is 0 Å². The summed E-state index contributed by atoms with van der Waals surface area (Å²) in [6.45, 7) is 4.54. The lowest BCUT2D eigenvalue weighted by molar-refractivity contribution is 0.0527. The zero-order chi connectivity index (χ0) is 19.9. The predicted molar refractivity (Wildman–Crippen MR) is 108 cm³/mol. The van der Waals surface area contributed by atoms with Crippen LogP contribution in [0.4, 0.5) is 16.2 Å². The second-order valence-corrected chi connectivity index (χ2v) is 6.37. The van der Waals surface area contributed by atoms with Crippen LogP contribution in [-0.2, 0) is 4.74 Å². The Morgan fingerprint density at radius 1 is 1.04 bits per heavy atom. The minimum Gasteiger partial charge on any atom is -0.497 e. The number of ether oxygens (including phenoxy) is 2. The van der Waals surface area contributed by atoms with E-state index >= 15 is 0 Å². The second kappa shape index (κ2) is 9.12. The second-order valence-electron chi connectivity index (χ2n) is 6.37. The molecule has 1 heterocycles. The minimum absolute atomic E-state index is 0.147. The number of urea groups is 1. The van der Waals surface area contributed by atoms with E-state index < -0.39 is 0 Å². The normalized spacial score (nSPS) is 13.8. The van der Waals surface area contributed by atoms with Crippen LogP contribution in [0.3, 0.4) is 0 Å². The van der Waals surface area contributed by atoms with Crippen molar-refractivity contribution >= 4 is 23.4 Å². The van der Waals surface area contributed by atoms with Gasteiger partial charge in [-0.2, -0.15) is 0 Å². The number of piperazine rings is 1. The quantitative estimate of drug-likeness (QED) is 0.803. The fourth-order valence-corrected chi connectivity index (χ4v) is 3.18. The minimum atomic E-state index is -0.323. The molecule has 1 saturated heterocycles. The van der Waals surface area contributed by atoms with E-state index in [-0.39, 0.29) is 12.0 Å². The Bertz CT molecular complexity index is 832. The maximum Gasteiger partial charge on any atom is 0.340 e. The number of hydrogen-bond acceptors (Lipinski definition) is 5. The standard InChI is InChI=1S/C21H25N3O4/c1-3-28-20(25)18-9-4-5-10-19(18)23-11-13-24(14-12-23)21(26)22-16-7-6-8-17(15-16)27-2/h4-10,15H,3,11-14H2,1-2H3,(H,22,26). The Morgan fingerprint density at radius 3 is 2.50 bits per heavy atom. The molecule has 2 aromatic carbocycles. The molecule has 2 amide bonds. The lowest BCUT2D eigenvalue weighted by atomic mass is 10.1. The third kappa shape index (κ3) is 4.54. The van der Waals surface area contributed by atoms with Crippen molar-refractivity contribution in [2.24, 2.45) is 0 Å². The van der Waals surface area contributed by atoms with Crippen molar-refractivity contribution < 1.29 is 19.1 Å². The monoisotopic (exact) mass is 383 g/mol. The third-order valence-electron chi connectivity index (χ3n) is 4.63. The molecule has 3 rings (SSSR count). The predicted octanol–water partition coefficient (Wildman–Crippen LogP) is 3.23. The molecule has 0 saturated carbocycles. The first kappa shape index (κ1) is 19.5. The molecule has 1 fully saturated rings. The van der Waals surface area contributed by atoms with E-state index in [0.29, 0.717) is 49.8 Å². The van der Waals surface area contributed by atoms with Crippen molar-refractivity contribution in [1.29, 1.82) is 0 Å². The molecule has 148 valence electrons. The molecule has 0 atom stereocenters. The number of carbonyl (C=O) groups excluding carboxylic acids is 2. The van der Waals surface area contributed by atoms with Crippen LogP contribution >= 0.6 is 0 Å². The maximum atomic E-state index is 12.6. The molecule has 1 aliphatic rings. The van der Waals surface area contributed by atoms with Gasteiger partial charge in [0.1, 0.15) is 5.75 Å². The molecule has 0 aliphatic carbocycles. The maximum absolute atomic E-state index is 12.6. The number of hydrogen-bond donors (Lipinski definition) is 1. The Labute approximate surface area is 164 Å². The number of esters is 1. The van der Waals surface area contributed by atoms with Crippen molar-refractivity contribution in [3.63, 3.8) is 0 Å². The van der Waals surface area contributed by atoms with Crippen molar-refractivity contribution in [2.75, 3.05) is 50.1 Å². The molecule has 0 unspecified atom stereocenters. The van der Waals surface area contributed by atoms with Gasteiger partial charge in [-0.15, -0.1) is 0 Å². The number of carbonyl (C=O) groups is 2. The van der Waals surface area contributed by atoms with E-state index in [1.807, 2.05) is 36.4 Å². The number of nitrogens with one attached hydrogen (secondary N) is 1. The lowest BCUT2D eigenvalue weighted by Crippen LogP contribution is -2.50. The van der Waals surface area contributed by atoms with Gasteiger partial charge in [0.25, 0.3) is 0 Å². The van der Waals surface area contributed by atoms with Crippen LogP contribution in [0.1, 0.15) is 17.3 Å². The molecule has 1 aliphatic heterocycles. The Morgan fingerprint density at radius 2 is 1.79 bits per heavy atom. The number of amides is 2. The highest BCUT2D eigenvalue weighted by atomic mass is 16.5. The van der Waals surface area contributed by atoms with Gasteiger partial charge >= 0.3 is 12.0 Å². The topological polar surface area (TPSA) is 71.1 Å². The first-order valence-electron chi connectivity index (χ1n) is 9.33. The average Bonchev–Trinajstić information content (AvgIpc) is 2.74. The van der Waals surface area contributed by atoms with Gasteiger partial charge in [0.15, 0.2) is 0 Å². The molecule has 0 spiro atoms. The third-order valence-corrected chi connectivity index (χ3v) is 4.63. The number of anilines is 2. The van der Waals surface area contributed by atoms with Crippen LogP contribution in [0.5, 0.6) is 5.75 Å². The Hall–Kier alpha value is -3.22. The lowest BCUT2D eigenvalue weighted by Gasteiger charge is -2.36. The Kier molecular flexibility index (Phi) is 6.37. The molecule has 2 aromatic rings. The van der Waals surface area contributed by atoms with Crippen LogP contribution in [0.2, 0.25) is 0 Å². The summed E-state index contributed by atoms with van der Waals surface area (Å²) in [4.78, 5) is 28.6. The highest BCUT2D eigenvalue weighted by Crippen LogP contribution is 2.23. The molecule has 0 bridgehead atoms. The van der Waals surface area contributed by atoms with Crippen LogP contribution in [0.15, 0.2) is 48.5 Å². The first-order valence-corrected chi connectivity index (χ1v) is 9.33. The van der Waals surface area contributed by atoms with E-state index in [1.54, 1.807) is 31.1 Å². The summed E-state index contributed by atoms with van der Waals surface area (Å²) in [5, 5.41) is 2.90. The first-order chi connectivity index (χ1) is 13.6. The number of para-hydroxylation sites is 1. The SMILES string of the molecule is CCOC(=O)c1ccccc1N1CCN(C(=O)Nc2cccc(OC)c2)CC1. The summed E-state index contributed by atoms with van der Waals surface area (Å²) in [6, 6.07) is 14.5. The van der Waals surface area contributed by atoms with Crippen molar-refractivity contribution in [3.8, 4) is 5.75 Å². The van der Waals surface area contributed by atoms with Crippen LogP contribution in [0.25, 0.3) is 0 Å². The van der Waals surface area contributed by atoms with E-state index in [2.05, 4.69) is 10.2 Å². The Balaban J connectivity index is 1.61. The smallest absolute Gasteiger partial charge is 0.340 e. The van der Waals surface area contributed by atoms with E-state index in [4.69, 9.17) is 9.47 Å². The van der Waals surface area contributed by atoms with Gasteiger partial charge in [-0.25, -0.2) is 9.59 Å². The molecule has 0 aromatic heterocycles. The summed E-state index contributed by atoms with van der Waals surface area (Å²) in [5.74, 6) is 0.370. The largest absolute Gasteiger partial charge is 0.497 e. The van der Waals surface area contributed by atoms with Gasteiger partial charge < -0.3 is 24.6 Å². The summed E-state index contributed by atoms with van der Waals surface area (Å²) in [6.07, 6.45) is 0. The zero-order valence-corrected chi connectivity index (χ0v) is 16.2. The van der Waals surface area contributed by atoms with Crippen LogP contribution in [0, 0.1) is 0 Å². The van der Waals surface area contributed by atoms with Crippen LogP contribution < -0.4 is 15.0 Å². The van der Waals surface area contributed by atoms with Crippen molar-refractivity contribution in [3.05, 3.63) is 54.1 Å². The number of rotatable bonds is 5. The van der Waals surface area contributed by atoms with Gasteiger partial charge in [0, 0.05) is 37.9 Å². The van der Waals surface area contributed by atoms with Gasteiger partial charge in [-0.05, 0) is 31.2 Å². The number of benzene rings is 2. The van der Waals surface area contributed by atoms with Crippen LogP contribution in [-0.4, -0.2) is 56.8 Å². The summed E-state index contributed by atoms with van der Waals surface area (Å²) in [5.41, 5.74) is 2.09. The fraction of sp³-hybridized carbons (Fsp3) is 0.333. The van der Waals surface area contributed by atoms with Crippen molar-refractivity contribution in [2.45, 2.75) is 6.92 Å². The molecule has 28 heavy (non-hydrogen) atoms. The molecule has 1 N–H and O–H groups in total. The van der Waals surface area contributed by atoms with E-state index in [0.717, 1.165) is 5.69 Å². The molecule has 0 radical (unpaired) electrons. The number of methoxy groups -OCH3 is 1. The average molecular weight is 383 g/mol. The van der Waals surface area contributed by atoms with Gasteiger partial charge in [-0.1, -0.05) is 18.2 Å². The summed E-state index contributed by atoms with van der Waals surface area (Å²) in [7, 11) is 1.59. The molecular weight excluding hydrogens is 358 g/mol. The van der Waals surface area contributed by atoms with Crippen molar-refractivity contribution in [1.82, 2.24) is 4.90 Å². The number of nitrogens with zero attached hydrogens (tertiary/aromatic N) is 2. The van der Waals surface area contributed by atoms with Gasteiger partial charge in [-0.3, -0.25) is 0 Å². The fourth-order valence-electron chi connectivity index (χ4n) is 3.18. The highest BCUT2D eigenvalue weighted by Gasteiger charge is 2.24. The van der Waals surface area contributed by atoms with E-state index in [9.17, 15) is 9.59 Å². The highest BCUT2D eigenvalue weighted by molar-refractivity contribution is 5.96. The molecular formula is C21H25N3O4. The summed E-state index contributed by atoms with van der Waals surface area (Å²) >= 11 is 0. The summed E-state index contributed by atoms with van der Waals surface area (Å²) < 4.78 is 10.3. The molecule has 7 heteroatoms.